The molecule has 0 radical (unpaired) electrons. The van der Waals surface area contributed by atoms with Crippen LogP contribution in [0.5, 0.6) is 0 Å². The molecule has 0 aliphatic rings. The molecule has 0 aliphatic carbocycles. The van der Waals surface area contributed by atoms with E-state index in [9.17, 15) is 13.6 Å². The summed E-state index contributed by atoms with van der Waals surface area (Å²) in [5.74, 6) is -1.49. The first-order valence-electron chi connectivity index (χ1n) is 6.32. The molecule has 0 atom stereocenters. The highest BCUT2D eigenvalue weighted by Gasteiger charge is 2.11. The summed E-state index contributed by atoms with van der Waals surface area (Å²) in [4.78, 5) is 12.6. The summed E-state index contributed by atoms with van der Waals surface area (Å²) in [6, 6.07) is 8.16. The fourth-order valence-corrected chi connectivity index (χ4v) is 2.56. The van der Waals surface area contributed by atoms with Crippen LogP contribution in [0.4, 0.5) is 14.5 Å². The number of nitrogens with one attached hydrogen (secondary N) is 1. The van der Waals surface area contributed by atoms with Crippen molar-refractivity contribution < 1.29 is 13.6 Å². The highest BCUT2D eigenvalue weighted by molar-refractivity contribution is 7.99. The van der Waals surface area contributed by atoms with Crippen molar-refractivity contribution >= 4 is 23.4 Å². The number of anilines is 1. The van der Waals surface area contributed by atoms with Gasteiger partial charge in [-0.15, -0.1) is 0 Å². The number of rotatable bonds is 4. The van der Waals surface area contributed by atoms with Gasteiger partial charge < -0.3 is 11.1 Å². The predicted octanol–water partition coefficient (Wildman–Crippen LogP) is 3.45. The largest absolute Gasteiger partial charge is 0.398 e. The van der Waals surface area contributed by atoms with Gasteiger partial charge in [-0.1, -0.05) is 11.8 Å². The third-order valence-corrected chi connectivity index (χ3v) is 3.87. The van der Waals surface area contributed by atoms with Gasteiger partial charge in [0, 0.05) is 33.7 Å². The number of carbonyl (C=O) groups excluding carboxylic acids is 1. The van der Waals surface area contributed by atoms with E-state index in [1.807, 2.05) is 6.92 Å². The van der Waals surface area contributed by atoms with Crippen molar-refractivity contribution in [2.24, 2.45) is 0 Å². The van der Waals surface area contributed by atoms with Crippen LogP contribution in [0.3, 0.4) is 0 Å². The summed E-state index contributed by atoms with van der Waals surface area (Å²) >= 11 is 1.08. The van der Waals surface area contributed by atoms with Gasteiger partial charge >= 0.3 is 0 Å². The van der Waals surface area contributed by atoms with Gasteiger partial charge in [0.05, 0.1) is 0 Å². The highest BCUT2D eigenvalue weighted by atomic mass is 32.2. The lowest BCUT2D eigenvalue weighted by molar-refractivity contribution is 0.0956. The fraction of sp³-hybridized carbons (Fsp3) is 0.133. The van der Waals surface area contributed by atoms with Crippen molar-refractivity contribution in [1.82, 2.24) is 5.32 Å². The quantitative estimate of drug-likeness (QED) is 0.851. The zero-order chi connectivity index (χ0) is 15.4. The molecule has 0 aliphatic heterocycles. The van der Waals surface area contributed by atoms with Crippen molar-refractivity contribution in [2.75, 3.05) is 12.3 Å². The zero-order valence-corrected chi connectivity index (χ0v) is 12.1. The first-order chi connectivity index (χ1) is 10.0. The molecule has 0 heterocycles. The summed E-state index contributed by atoms with van der Waals surface area (Å²) in [6.45, 7) is 2.35. The van der Waals surface area contributed by atoms with Crippen molar-refractivity contribution in [1.29, 1.82) is 0 Å². The van der Waals surface area contributed by atoms with Crippen LogP contribution >= 0.6 is 11.8 Å². The molecular weight excluding hydrogens is 294 g/mol. The number of benzene rings is 2. The minimum Gasteiger partial charge on any atom is -0.398 e. The van der Waals surface area contributed by atoms with Gasteiger partial charge in [0.25, 0.3) is 5.91 Å². The van der Waals surface area contributed by atoms with Crippen molar-refractivity contribution in [3.05, 3.63) is 53.6 Å². The Bertz CT molecular complexity index is 677. The lowest BCUT2D eigenvalue weighted by Crippen LogP contribution is -2.22. The van der Waals surface area contributed by atoms with Crippen molar-refractivity contribution in [3.63, 3.8) is 0 Å². The van der Waals surface area contributed by atoms with Crippen molar-refractivity contribution in [3.8, 4) is 0 Å². The summed E-state index contributed by atoms with van der Waals surface area (Å²) in [6.07, 6.45) is 0. The third kappa shape index (κ3) is 3.72. The van der Waals surface area contributed by atoms with E-state index in [0.717, 1.165) is 17.8 Å². The predicted molar refractivity (Wildman–Crippen MR) is 79.3 cm³/mol. The number of hydrogen-bond donors (Lipinski definition) is 2. The fourth-order valence-electron chi connectivity index (χ4n) is 1.72. The highest BCUT2D eigenvalue weighted by Crippen LogP contribution is 2.34. The van der Waals surface area contributed by atoms with Gasteiger partial charge in [0.2, 0.25) is 0 Å². The monoisotopic (exact) mass is 308 g/mol. The van der Waals surface area contributed by atoms with Crippen LogP contribution in [-0.2, 0) is 0 Å². The second-order valence-corrected chi connectivity index (χ2v) is 5.37. The van der Waals surface area contributed by atoms with Crippen LogP contribution in [0.15, 0.2) is 46.2 Å². The summed E-state index contributed by atoms with van der Waals surface area (Å²) in [5.41, 5.74) is 6.70. The molecule has 3 nitrogen and oxygen atoms in total. The van der Waals surface area contributed by atoms with Crippen LogP contribution in [0, 0.1) is 11.6 Å². The van der Waals surface area contributed by atoms with E-state index in [-0.39, 0.29) is 10.8 Å². The van der Waals surface area contributed by atoms with Crippen LogP contribution in [0.25, 0.3) is 0 Å². The molecule has 0 saturated carbocycles. The Balaban J connectivity index is 2.23. The minimum atomic E-state index is -0.646. The molecule has 0 fully saturated rings. The van der Waals surface area contributed by atoms with Crippen molar-refractivity contribution in [2.45, 2.75) is 16.7 Å². The van der Waals surface area contributed by atoms with E-state index >= 15 is 0 Å². The van der Waals surface area contributed by atoms with Gasteiger partial charge in [-0.05, 0) is 37.3 Å². The molecule has 6 heteroatoms. The summed E-state index contributed by atoms with van der Waals surface area (Å²) in [7, 11) is 0. The summed E-state index contributed by atoms with van der Waals surface area (Å²) in [5, 5.41) is 2.67. The molecule has 3 N–H and O–H groups in total. The Morgan fingerprint density at radius 2 is 1.90 bits per heavy atom. The Morgan fingerprint density at radius 1 is 1.19 bits per heavy atom. The first kappa shape index (κ1) is 15.3. The van der Waals surface area contributed by atoms with Crippen LogP contribution in [0.2, 0.25) is 0 Å². The average molecular weight is 308 g/mol. The van der Waals surface area contributed by atoms with Gasteiger partial charge in [-0.2, -0.15) is 0 Å². The van der Waals surface area contributed by atoms with E-state index in [1.165, 1.54) is 18.2 Å². The van der Waals surface area contributed by atoms with Crippen LogP contribution in [-0.4, -0.2) is 12.5 Å². The number of nitrogens with two attached hydrogens (primary N) is 1. The third-order valence-electron chi connectivity index (χ3n) is 2.72. The molecule has 1 amide bonds. The standard InChI is InChI=1S/C15H14F2N2OS/c1-2-19-15(20)9-3-5-14(12(18)7-9)21-13-6-4-10(16)8-11(13)17/h3-8H,2,18H2,1H3,(H,19,20). The van der Waals surface area contributed by atoms with E-state index in [0.29, 0.717) is 22.7 Å². The first-order valence-corrected chi connectivity index (χ1v) is 7.13. The van der Waals surface area contributed by atoms with E-state index in [2.05, 4.69) is 5.32 Å². The molecule has 0 saturated heterocycles. The van der Waals surface area contributed by atoms with Gasteiger partial charge in [-0.25, -0.2) is 8.78 Å². The maximum atomic E-state index is 13.6. The number of nitrogen functional groups attached to an aromatic ring is 1. The minimum absolute atomic E-state index is 0.214. The number of amides is 1. The van der Waals surface area contributed by atoms with E-state index in [4.69, 9.17) is 5.73 Å². The lowest BCUT2D eigenvalue weighted by Gasteiger charge is -2.09. The molecule has 2 aromatic rings. The number of carbonyl (C=O) groups is 1. The smallest absolute Gasteiger partial charge is 0.251 e. The average Bonchev–Trinajstić information content (AvgIpc) is 2.44. The molecule has 21 heavy (non-hydrogen) atoms. The molecule has 2 aromatic carbocycles. The second-order valence-electron chi connectivity index (χ2n) is 4.29. The molecular formula is C15H14F2N2OS. The SMILES string of the molecule is CCNC(=O)c1ccc(Sc2ccc(F)cc2F)c(N)c1. The second kappa shape index (κ2) is 6.58. The van der Waals surface area contributed by atoms with E-state index in [1.54, 1.807) is 12.1 Å². The van der Waals surface area contributed by atoms with Gasteiger partial charge in [0.15, 0.2) is 0 Å². The normalized spacial score (nSPS) is 10.4. The lowest BCUT2D eigenvalue weighted by atomic mass is 10.2. The molecule has 110 valence electrons. The van der Waals surface area contributed by atoms with Crippen LogP contribution < -0.4 is 11.1 Å². The maximum Gasteiger partial charge on any atom is 0.251 e. The molecule has 2 rings (SSSR count). The molecule has 0 spiro atoms. The molecule has 0 unspecified atom stereocenters. The number of hydrogen-bond acceptors (Lipinski definition) is 3. The topological polar surface area (TPSA) is 55.1 Å². The zero-order valence-electron chi connectivity index (χ0n) is 11.3. The summed E-state index contributed by atoms with van der Waals surface area (Å²) < 4.78 is 26.5. The number of halogens is 2. The Labute approximate surface area is 125 Å². The molecule has 0 aromatic heterocycles. The Morgan fingerprint density at radius 3 is 2.52 bits per heavy atom. The van der Waals surface area contributed by atoms with Gasteiger partial charge in [0.1, 0.15) is 11.6 Å². The Kier molecular flexibility index (Phi) is 4.80. The molecule has 0 bridgehead atoms. The van der Waals surface area contributed by atoms with Crippen LogP contribution in [0.1, 0.15) is 17.3 Å². The Hall–Kier alpha value is -2.08. The van der Waals surface area contributed by atoms with E-state index < -0.39 is 11.6 Å². The maximum absolute atomic E-state index is 13.6. The van der Waals surface area contributed by atoms with Gasteiger partial charge in [-0.3, -0.25) is 4.79 Å².